The minimum absolute atomic E-state index is 0.108. The molecule has 0 aliphatic carbocycles. The molecule has 1 aliphatic heterocycles. The monoisotopic (exact) mass is 353 g/mol. The smallest absolute Gasteiger partial charge is 0.240 e. The van der Waals surface area contributed by atoms with Gasteiger partial charge >= 0.3 is 0 Å². The van der Waals surface area contributed by atoms with Crippen molar-refractivity contribution in [1.82, 2.24) is 5.32 Å². The Bertz CT molecular complexity index is 814. The SMILES string of the molecule is Cc1cc(C)cc(N=C2NC(=O)[C@H](CC(=O)Nc3ccccc3)S2)c1. The molecular formula is C19H19N3O2S. The lowest BCUT2D eigenvalue weighted by Gasteiger charge is -2.07. The first-order valence-electron chi connectivity index (χ1n) is 7.99. The van der Waals surface area contributed by atoms with Crippen LogP contribution in [0.5, 0.6) is 0 Å². The van der Waals surface area contributed by atoms with Gasteiger partial charge in [-0.05, 0) is 49.2 Å². The summed E-state index contributed by atoms with van der Waals surface area (Å²) in [6.45, 7) is 4.02. The lowest BCUT2D eigenvalue weighted by molar-refractivity contribution is -0.122. The minimum Gasteiger partial charge on any atom is -0.326 e. The van der Waals surface area contributed by atoms with Gasteiger partial charge in [-0.15, -0.1) is 0 Å². The van der Waals surface area contributed by atoms with Crippen LogP contribution < -0.4 is 10.6 Å². The first kappa shape index (κ1) is 17.2. The van der Waals surface area contributed by atoms with Crippen molar-refractivity contribution in [2.24, 2.45) is 4.99 Å². The van der Waals surface area contributed by atoms with E-state index in [1.807, 2.05) is 56.3 Å². The van der Waals surface area contributed by atoms with Crippen molar-refractivity contribution in [3.8, 4) is 0 Å². The maximum absolute atomic E-state index is 12.1. The van der Waals surface area contributed by atoms with Crippen molar-refractivity contribution in [2.75, 3.05) is 5.32 Å². The van der Waals surface area contributed by atoms with Gasteiger partial charge in [-0.1, -0.05) is 36.0 Å². The quantitative estimate of drug-likeness (QED) is 0.883. The molecule has 0 aromatic heterocycles. The number of aryl methyl sites for hydroxylation is 2. The van der Waals surface area contributed by atoms with Crippen LogP contribution in [0.1, 0.15) is 17.5 Å². The molecule has 128 valence electrons. The van der Waals surface area contributed by atoms with Crippen LogP contribution in [0, 0.1) is 13.8 Å². The number of nitrogens with one attached hydrogen (secondary N) is 2. The average Bonchev–Trinajstić information content (AvgIpc) is 2.86. The van der Waals surface area contributed by atoms with Crippen molar-refractivity contribution < 1.29 is 9.59 Å². The zero-order valence-electron chi connectivity index (χ0n) is 14.1. The number of amidine groups is 1. The molecule has 2 amide bonds. The molecule has 0 spiro atoms. The van der Waals surface area contributed by atoms with Crippen LogP contribution >= 0.6 is 11.8 Å². The average molecular weight is 353 g/mol. The summed E-state index contributed by atoms with van der Waals surface area (Å²) in [6, 6.07) is 15.2. The summed E-state index contributed by atoms with van der Waals surface area (Å²) in [5.41, 5.74) is 3.76. The predicted molar refractivity (Wildman–Crippen MR) is 102 cm³/mol. The van der Waals surface area contributed by atoms with E-state index in [1.54, 1.807) is 0 Å². The Balaban J connectivity index is 1.64. The number of para-hydroxylation sites is 1. The van der Waals surface area contributed by atoms with Crippen LogP contribution in [-0.2, 0) is 9.59 Å². The van der Waals surface area contributed by atoms with E-state index in [-0.39, 0.29) is 18.2 Å². The largest absolute Gasteiger partial charge is 0.326 e. The molecule has 1 saturated heterocycles. The zero-order valence-corrected chi connectivity index (χ0v) is 14.9. The molecule has 25 heavy (non-hydrogen) atoms. The standard InChI is InChI=1S/C19H19N3O2S/c1-12-8-13(2)10-15(9-12)21-19-22-18(24)16(25-19)11-17(23)20-14-6-4-3-5-7-14/h3-10,16H,11H2,1-2H3,(H,20,23)(H,21,22,24)/t16-/m0/s1. The highest BCUT2D eigenvalue weighted by Crippen LogP contribution is 2.26. The van der Waals surface area contributed by atoms with E-state index >= 15 is 0 Å². The van der Waals surface area contributed by atoms with E-state index in [4.69, 9.17) is 0 Å². The maximum atomic E-state index is 12.1. The van der Waals surface area contributed by atoms with Gasteiger partial charge < -0.3 is 10.6 Å². The van der Waals surface area contributed by atoms with Gasteiger partial charge in [-0.2, -0.15) is 0 Å². The number of carbonyl (C=O) groups excluding carboxylic acids is 2. The van der Waals surface area contributed by atoms with Gasteiger partial charge in [0.15, 0.2) is 5.17 Å². The van der Waals surface area contributed by atoms with E-state index in [2.05, 4.69) is 21.7 Å². The van der Waals surface area contributed by atoms with Gasteiger partial charge in [0.25, 0.3) is 0 Å². The number of rotatable bonds is 4. The zero-order chi connectivity index (χ0) is 17.8. The van der Waals surface area contributed by atoms with E-state index in [1.165, 1.54) is 11.8 Å². The highest BCUT2D eigenvalue weighted by molar-refractivity contribution is 8.15. The fraction of sp³-hybridized carbons (Fsp3) is 0.211. The van der Waals surface area contributed by atoms with Gasteiger partial charge in [-0.25, -0.2) is 4.99 Å². The summed E-state index contributed by atoms with van der Waals surface area (Å²) >= 11 is 1.29. The topological polar surface area (TPSA) is 70.6 Å². The second-order valence-corrected chi connectivity index (χ2v) is 7.17. The highest BCUT2D eigenvalue weighted by atomic mass is 32.2. The molecule has 1 heterocycles. The number of benzene rings is 2. The first-order valence-corrected chi connectivity index (χ1v) is 8.87. The molecule has 1 atom stereocenters. The summed E-state index contributed by atoms with van der Waals surface area (Å²) < 4.78 is 0. The van der Waals surface area contributed by atoms with Gasteiger partial charge in [0.2, 0.25) is 11.8 Å². The van der Waals surface area contributed by atoms with Gasteiger partial charge in [-0.3, -0.25) is 9.59 Å². The molecular weight excluding hydrogens is 334 g/mol. The Morgan fingerprint density at radius 3 is 2.52 bits per heavy atom. The summed E-state index contributed by atoms with van der Waals surface area (Å²) in [7, 11) is 0. The van der Waals surface area contributed by atoms with Crippen LogP contribution in [0.15, 0.2) is 53.5 Å². The van der Waals surface area contributed by atoms with Gasteiger partial charge in [0, 0.05) is 12.1 Å². The van der Waals surface area contributed by atoms with Crippen LogP contribution in [0.25, 0.3) is 0 Å². The third kappa shape index (κ3) is 4.70. The maximum Gasteiger partial charge on any atom is 0.240 e. The number of carbonyl (C=O) groups is 2. The Morgan fingerprint density at radius 2 is 1.84 bits per heavy atom. The highest BCUT2D eigenvalue weighted by Gasteiger charge is 2.32. The molecule has 0 unspecified atom stereocenters. The second kappa shape index (κ2) is 7.53. The van der Waals surface area contributed by atoms with Crippen molar-refractivity contribution in [1.29, 1.82) is 0 Å². The summed E-state index contributed by atoms with van der Waals surface area (Å²) in [5, 5.41) is 5.62. The Kier molecular flexibility index (Phi) is 5.19. The fourth-order valence-electron chi connectivity index (χ4n) is 2.63. The Hall–Kier alpha value is -2.60. The summed E-state index contributed by atoms with van der Waals surface area (Å²) in [6.07, 6.45) is 0.108. The summed E-state index contributed by atoms with van der Waals surface area (Å²) in [4.78, 5) is 28.7. The molecule has 2 aromatic rings. The lowest BCUT2D eigenvalue weighted by Crippen LogP contribution is -2.28. The number of nitrogens with zero attached hydrogens (tertiary/aromatic N) is 1. The molecule has 3 rings (SSSR count). The van der Waals surface area contributed by atoms with Crippen molar-refractivity contribution >= 4 is 40.1 Å². The third-order valence-corrected chi connectivity index (χ3v) is 4.72. The summed E-state index contributed by atoms with van der Waals surface area (Å²) in [5.74, 6) is -0.372. The van der Waals surface area contributed by atoms with E-state index in [0.717, 1.165) is 22.5 Å². The van der Waals surface area contributed by atoms with Gasteiger partial charge in [0.1, 0.15) is 5.25 Å². The molecule has 6 heteroatoms. The first-order chi connectivity index (χ1) is 12.0. The number of hydrogen-bond acceptors (Lipinski definition) is 4. The van der Waals surface area contributed by atoms with Crippen molar-refractivity contribution in [3.63, 3.8) is 0 Å². The number of thioether (sulfide) groups is 1. The number of anilines is 1. The normalized spacial score (nSPS) is 18.2. The molecule has 0 radical (unpaired) electrons. The van der Waals surface area contributed by atoms with Crippen LogP contribution in [0.3, 0.4) is 0 Å². The van der Waals surface area contributed by atoms with Crippen LogP contribution in [-0.4, -0.2) is 22.2 Å². The van der Waals surface area contributed by atoms with Crippen LogP contribution in [0.2, 0.25) is 0 Å². The molecule has 1 fully saturated rings. The minimum atomic E-state index is -0.464. The molecule has 2 N–H and O–H groups in total. The molecule has 2 aromatic carbocycles. The number of amides is 2. The number of hydrogen-bond donors (Lipinski definition) is 2. The van der Waals surface area contributed by atoms with Crippen molar-refractivity contribution in [2.45, 2.75) is 25.5 Å². The van der Waals surface area contributed by atoms with E-state index in [0.29, 0.717) is 5.17 Å². The van der Waals surface area contributed by atoms with Gasteiger partial charge in [0.05, 0.1) is 5.69 Å². The van der Waals surface area contributed by atoms with Crippen LogP contribution in [0.4, 0.5) is 11.4 Å². The predicted octanol–water partition coefficient (Wildman–Crippen LogP) is 3.55. The lowest BCUT2D eigenvalue weighted by atomic mass is 10.1. The third-order valence-electron chi connectivity index (χ3n) is 3.64. The Labute approximate surface area is 150 Å². The Morgan fingerprint density at radius 1 is 1.16 bits per heavy atom. The van der Waals surface area contributed by atoms with E-state index < -0.39 is 5.25 Å². The number of aliphatic imine (C=N–C) groups is 1. The second-order valence-electron chi connectivity index (χ2n) is 5.98. The molecule has 0 saturated carbocycles. The fourth-order valence-corrected chi connectivity index (χ4v) is 3.61. The molecule has 0 bridgehead atoms. The van der Waals surface area contributed by atoms with Crippen molar-refractivity contribution in [3.05, 3.63) is 59.7 Å². The molecule has 5 nitrogen and oxygen atoms in total. The van der Waals surface area contributed by atoms with E-state index in [9.17, 15) is 9.59 Å². The molecule has 1 aliphatic rings.